The Labute approximate surface area is 117 Å². The summed E-state index contributed by atoms with van der Waals surface area (Å²) in [6, 6.07) is 11.8. The van der Waals surface area contributed by atoms with E-state index in [0.29, 0.717) is 0 Å². The summed E-state index contributed by atoms with van der Waals surface area (Å²) in [6.07, 6.45) is 1.10. The van der Waals surface area contributed by atoms with Crippen molar-refractivity contribution in [2.75, 3.05) is 7.11 Å². The van der Waals surface area contributed by atoms with Crippen LogP contribution in [0.3, 0.4) is 0 Å². The Hall–Kier alpha value is -1.67. The molecule has 0 amide bonds. The molecule has 1 aliphatic heterocycles. The highest BCUT2D eigenvalue weighted by atomic mass is 35.5. The van der Waals surface area contributed by atoms with Crippen LogP contribution in [0, 0.1) is 0 Å². The topological polar surface area (TPSA) is 18.5 Å². The molecular weight excluding hydrogens is 260 g/mol. The number of hydrogen-bond donors (Lipinski definition) is 0. The van der Waals surface area contributed by atoms with Crippen LogP contribution in [0.5, 0.6) is 11.5 Å². The van der Waals surface area contributed by atoms with E-state index in [9.17, 15) is 0 Å². The van der Waals surface area contributed by atoms with Gasteiger partial charge in [0.05, 0.1) is 7.11 Å². The maximum atomic E-state index is 6.30. The number of hydrogen-bond acceptors (Lipinski definition) is 2. The van der Waals surface area contributed by atoms with Gasteiger partial charge in [0.15, 0.2) is 0 Å². The van der Waals surface area contributed by atoms with Crippen molar-refractivity contribution in [1.29, 1.82) is 0 Å². The van der Waals surface area contributed by atoms with Crippen LogP contribution in [0.4, 0.5) is 0 Å². The number of benzene rings is 2. The highest BCUT2D eigenvalue weighted by Crippen LogP contribution is 2.43. The third kappa shape index (κ3) is 2.17. The van der Waals surface area contributed by atoms with E-state index in [0.717, 1.165) is 34.1 Å². The summed E-state index contributed by atoms with van der Waals surface area (Å²) in [5.74, 6) is 1.77. The van der Waals surface area contributed by atoms with Crippen LogP contribution in [-0.4, -0.2) is 13.2 Å². The number of fused-ring (bicyclic) bond motifs is 1. The van der Waals surface area contributed by atoms with Gasteiger partial charge in [0.1, 0.15) is 17.6 Å². The van der Waals surface area contributed by atoms with Crippen molar-refractivity contribution in [1.82, 2.24) is 0 Å². The summed E-state index contributed by atoms with van der Waals surface area (Å²) in [4.78, 5) is 0. The van der Waals surface area contributed by atoms with Gasteiger partial charge < -0.3 is 9.47 Å². The monoisotopic (exact) mass is 274 g/mol. The summed E-state index contributed by atoms with van der Waals surface area (Å²) in [5, 5.41) is 0.723. The Kier molecular flexibility index (Phi) is 3.11. The van der Waals surface area contributed by atoms with Crippen LogP contribution in [0.15, 0.2) is 36.4 Å². The molecule has 0 N–H and O–H groups in total. The second kappa shape index (κ2) is 4.78. The van der Waals surface area contributed by atoms with E-state index in [1.54, 1.807) is 7.11 Å². The van der Waals surface area contributed by atoms with Crippen LogP contribution < -0.4 is 9.47 Å². The maximum Gasteiger partial charge on any atom is 0.131 e. The first kappa shape index (κ1) is 12.4. The molecule has 0 aromatic heterocycles. The fourth-order valence-corrected chi connectivity index (χ4v) is 2.74. The fraction of sp³-hybridized carbons (Fsp3) is 0.250. The molecule has 98 valence electrons. The third-order valence-corrected chi connectivity index (χ3v) is 3.70. The van der Waals surface area contributed by atoms with Gasteiger partial charge in [-0.15, -0.1) is 0 Å². The smallest absolute Gasteiger partial charge is 0.131 e. The lowest BCUT2D eigenvalue weighted by Crippen LogP contribution is -2.05. The number of halogens is 1. The highest BCUT2D eigenvalue weighted by Gasteiger charge is 2.24. The van der Waals surface area contributed by atoms with Crippen molar-refractivity contribution in [2.24, 2.45) is 0 Å². The molecule has 0 fully saturated rings. The molecule has 1 heterocycles. The van der Waals surface area contributed by atoms with Gasteiger partial charge in [-0.05, 0) is 25.1 Å². The molecule has 0 saturated heterocycles. The number of ether oxygens (including phenoxy) is 2. The average molecular weight is 275 g/mol. The Bertz CT molecular complexity index is 622. The predicted molar refractivity (Wildman–Crippen MR) is 77.2 cm³/mol. The van der Waals surface area contributed by atoms with Gasteiger partial charge in [0, 0.05) is 28.1 Å². The molecule has 19 heavy (non-hydrogen) atoms. The first-order valence-corrected chi connectivity index (χ1v) is 6.69. The SMILES string of the molecule is COc1cc2c(c(-c3ccccc3Cl)c1)OC(C)C2. The van der Waals surface area contributed by atoms with Gasteiger partial charge in [0.25, 0.3) is 0 Å². The lowest BCUT2D eigenvalue weighted by Gasteiger charge is -2.12. The minimum absolute atomic E-state index is 0.198. The molecule has 1 atom stereocenters. The molecule has 1 aliphatic rings. The van der Waals surface area contributed by atoms with E-state index in [1.165, 1.54) is 5.56 Å². The maximum absolute atomic E-state index is 6.30. The summed E-state index contributed by atoms with van der Waals surface area (Å²) >= 11 is 6.30. The molecular formula is C16H15ClO2. The minimum Gasteiger partial charge on any atom is -0.497 e. The van der Waals surface area contributed by atoms with Crippen molar-refractivity contribution in [3.63, 3.8) is 0 Å². The second-order valence-electron chi connectivity index (χ2n) is 4.78. The third-order valence-electron chi connectivity index (χ3n) is 3.37. The Morgan fingerprint density at radius 3 is 2.74 bits per heavy atom. The van der Waals surface area contributed by atoms with E-state index >= 15 is 0 Å². The van der Waals surface area contributed by atoms with E-state index in [4.69, 9.17) is 21.1 Å². The summed E-state index contributed by atoms with van der Waals surface area (Å²) < 4.78 is 11.3. The predicted octanol–water partition coefficient (Wildman–Crippen LogP) is 4.34. The van der Waals surface area contributed by atoms with E-state index in [2.05, 4.69) is 6.92 Å². The summed E-state index contributed by atoms with van der Waals surface area (Å²) in [5.41, 5.74) is 3.17. The highest BCUT2D eigenvalue weighted by molar-refractivity contribution is 6.33. The Morgan fingerprint density at radius 2 is 2.00 bits per heavy atom. The quantitative estimate of drug-likeness (QED) is 0.811. The molecule has 0 radical (unpaired) electrons. The molecule has 2 aromatic rings. The van der Waals surface area contributed by atoms with Crippen LogP contribution in [-0.2, 0) is 6.42 Å². The Morgan fingerprint density at radius 1 is 1.21 bits per heavy atom. The molecule has 2 aromatic carbocycles. The van der Waals surface area contributed by atoms with Gasteiger partial charge in [0.2, 0.25) is 0 Å². The first-order valence-electron chi connectivity index (χ1n) is 6.31. The first-order chi connectivity index (χ1) is 9.19. The molecule has 3 rings (SSSR count). The van der Waals surface area contributed by atoms with E-state index < -0.39 is 0 Å². The molecule has 0 spiro atoms. The molecule has 1 unspecified atom stereocenters. The van der Waals surface area contributed by atoms with Gasteiger partial charge in [-0.2, -0.15) is 0 Å². The molecule has 0 aliphatic carbocycles. The zero-order valence-corrected chi connectivity index (χ0v) is 11.7. The van der Waals surface area contributed by atoms with Crippen molar-refractivity contribution in [3.05, 3.63) is 47.0 Å². The van der Waals surface area contributed by atoms with Crippen molar-refractivity contribution in [3.8, 4) is 22.6 Å². The van der Waals surface area contributed by atoms with Gasteiger partial charge in [-0.25, -0.2) is 0 Å². The van der Waals surface area contributed by atoms with Crippen molar-refractivity contribution < 1.29 is 9.47 Å². The van der Waals surface area contributed by atoms with Gasteiger partial charge >= 0.3 is 0 Å². The average Bonchev–Trinajstić information content (AvgIpc) is 2.78. The second-order valence-corrected chi connectivity index (χ2v) is 5.18. The molecule has 0 bridgehead atoms. The lowest BCUT2D eigenvalue weighted by atomic mass is 10.00. The van der Waals surface area contributed by atoms with E-state index in [-0.39, 0.29) is 6.10 Å². The summed E-state index contributed by atoms with van der Waals surface area (Å²) in [6.45, 7) is 2.07. The van der Waals surface area contributed by atoms with E-state index in [1.807, 2.05) is 36.4 Å². The lowest BCUT2D eigenvalue weighted by molar-refractivity contribution is 0.255. The zero-order chi connectivity index (χ0) is 13.4. The van der Waals surface area contributed by atoms with Crippen LogP contribution in [0.1, 0.15) is 12.5 Å². The fourth-order valence-electron chi connectivity index (χ4n) is 2.50. The normalized spacial score (nSPS) is 16.9. The molecule has 2 nitrogen and oxygen atoms in total. The van der Waals surface area contributed by atoms with Crippen LogP contribution in [0.25, 0.3) is 11.1 Å². The summed E-state index contributed by atoms with van der Waals surface area (Å²) in [7, 11) is 1.68. The standard InChI is InChI=1S/C16H15ClO2/c1-10-7-11-8-12(18-2)9-14(16(11)19-10)13-5-3-4-6-15(13)17/h3-6,8-10H,7H2,1-2H3. The number of methoxy groups -OCH3 is 1. The minimum atomic E-state index is 0.198. The van der Waals surface area contributed by atoms with Crippen molar-refractivity contribution >= 4 is 11.6 Å². The Balaban J connectivity index is 2.21. The largest absolute Gasteiger partial charge is 0.497 e. The zero-order valence-electron chi connectivity index (χ0n) is 10.9. The van der Waals surface area contributed by atoms with Crippen LogP contribution >= 0.6 is 11.6 Å². The number of rotatable bonds is 2. The van der Waals surface area contributed by atoms with Crippen molar-refractivity contribution in [2.45, 2.75) is 19.4 Å². The van der Waals surface area contributed by atoms with Gasteiger partial charge in [-0.1, -0.05) is 29.8 Å². The van der Waals surface area contributed by atoms with Gasteiger partial charge in [-0.3, -0.25) is 0 Å². The molecule has 3 heteroatoms. The molecule has 0 saturated carbocycles. The van der Waals surface area contributed by atoms with Crippen LogP contribution in [0.2, 0.25) is 5.02 Å².